The number of amides is 1. The Morgan fingerprint density at radius 1 is 1.22 bits per heavy atom. The molecule has 23 heavy (non-hydrogen) atoms. The third-order valence-electron chi connectivity index (χ3n) is 5.22. The summed E-state index contributed by atoms with van der Waals surface area (Å²) in [5, 5.41) is 3.11. The van der Waals surface area contributed by atoms with Crippen LogP contribution in [0, 0.1) is 5.92 Å². The van der Waals surface area contributed by atoms with E-state index in [1.807, 2.05) is 6.08 Å². The Labute approximate surface area is 141 Å². The first-order valence-corrected chi connectivity index (χ1v) is 9.14. The summed E-state index contributed by atoms with van der Waals surface area (Å²) >= 11 is 0. The van der Waals surface area contributed by atoms with Crippen molar-refractivity contribution in [1.29, 1.82) is 0 Å². The first kappa shape index (κ1) is 18.5. The SMILES string of the molecule is CC1CCC(=CC(=O)NCC(C)(C)N2C[C@@H](C)O[C@H](C)C2)CC1. The molecule has 0 bridgehead atoms. The predicted molar refractivity (Wildman–Crippen MR) is 94.4 cm³/mol. The molecule has 132 valence electrons. The van der Waals surface area contributed by atoms with E-state index in [1.54, 1.807) is 0 Å². The smallest absolute Gasteiger partial charge is 0.243 e. The van der Waals surface area contributed by atoms with Crippen LogP contribution in [-0.2, 0) is 9.53 Å². The van der Waals surface area contributed by atoms with E-state index in [9.17, 15) is 4.79 Å². The van der Waals surface area contributed by atoms with E-state index in [2.05, 4.69) is 44.8 Å². The normalized spacial score (nSPS) is 30.1. The molecule has 0 aromatic heterocycles. The minimum absolute atomic E-state index is 0.0540. The number of hydrogen-bond acceptors (Lipinski definition) is 3. The van der Waals surface area contributed by atoms with Gasteiger partial charge in [-0.2, -0.15) is 0 Å². The van der Waals surface area contributed by atoms with Crippen LogP contribution in [0.1, 0.15) is 60.3 Å². The maximum absolute atomic E-state index is 12.2. The number of morpholine rings is 1. The standard InChI is InChI=1S/C19H34N2O2/c1-14-6-8-17(9-7-14)10-18(22)20-13-19(4,5)21-11-15(2)23-16(3)12-21/h10,14-16H,6-9,11-13H2,1-5H3,(H,20,22)/t14?,15-,16-/m1/s1. The molecule has 2 rings (SSSR count). The summed E-state index contributed by atoms with van der Waals surface area (Å²) < 4.78 is 5.81. The van der Waals surface area contributed by atoms with Crippen LogP contribution in [0.5, 0.6) is 0 Å². The van der Waals surface area contributed by atoms with Gasteiger partial charge in [-0.1, -0.05) is 12.5 Å². The van der Waals surface area contributed by atoms with Crippen molar-refractivity contribution in [2.75, 3.05) is 19.6 Å². The summed E-state index contributed by atoms with van der Waals surface area (Å²) in [4.78, 5) is 14.7. The first-order chi connectivity index (χ1) is 10.8. The molecule has 1 N–H and O–H groups in total. The molecular weight excluding hydrogens is 288 g/mol. The van der Waals surface area contributed by atoms with Crippen molar-refractivity contribution in [3.8, 4) is 0 Å². The number of allylic oxidation sites excluding steroid dienone is 1. The topological polar surface area (TPSA) is 41.6 Å². The molecule has 1 heterocycles. The lowest BCUT2D eigenvalue weighted by molar-refractivity contribution is -0.118. The van der Waals surface area contributed by atoms with Crippen molar-refractivity contribution in [2.45, 2.75) is 78.0 Å². The Balaban J connectivity index is 1.83. The Morgan fingerprint density at radius 2 is 1.78 bits per heavy atom. The molecule has 1 amide bonds. The van der Waals surface area contributed by atoms with Gasteiger partial charge in [-0.15, -0.1) is 0 Å². The van der Waals surface area contributed by atoms with Gasteiger partial charge in [0.2, 0.25) is 5.91 Å². The second kappa shape index (κ2) is 7.80. The van der Waals surface area contributed by atoms with Gasteiger partial charge in [0.1, 0.15) is 0 Å². The summed E-state index contributed by atoms with van der Waals surface area (Å²) in [7, 11) is 0. The van der Waals surface area contributed by atoms with Crippen molar-refractivity contribution in [1.82, 2.24) is 10.2 Å². The van der Waals surface area contributed by atoms with Gasteiger partial charge in [0.05, 0.1) is 12.2 Å². The molecule has 1 saturated heterocycles. The fraction of sp³-hybridized carbons (Fsp3) is 0.842. The molecule has 1 aliphatic carbocycles. The van der Waals surface area contributed by atoms with Gasteiger partial charge in [-0.25, -0.2) is 0 Å². The Kier molecular flexibility index (Phi) is 6.26. The maximum Gasteiger partial charge on any atom is 0.243 e. The average molecular weight is 322 g/mol. The van der Waals surface area contributed by atoms with Gasteiger partial charge in [-0.3, -0.25) is 9.69 Å². The largest absolute Gasteiger partial charge is 0.373 e. The van der Waals surface area contributed by atoms with Crippen molar-refractivity contribution in [3.05, 3.63) is 11.6 Å². The Bertz CT molecular complexity index is 425. The molecule has 0 radical (unpaired) electrons. The quantitative estimate of drug-likeness (QED) is 0.809. The fourth-order valence-corrected chi connectivity index (χ4v) is 3.60. The van der Waals surface area contributed by atoms with E-state index >= 15 is 0 Å². The molecule has 0 aromatic rings. The van der Waals surface area contributed by atoms with Crippen molar-refractivity contribution in [2.24, 2.45) is 5.92 Å². The molecule has 1 saturated carbocycles. The minimum Gasteiger partial charge on any atom is -0.373 e. The Morgan fingerprint density at radius 3 is 2.35 bits per heavy atom. The highest BCUT2D eigenvalue weighted by molar-refractivity contribution is 5.88. The molecule has 0 aromatic carbocycles. The number of rotatable bonds is 4. The summed E-state index contributed by atoms with van der Waals surface area (Å²) in [5.74, 6) is 0.872. The maximum atomic E-state index is 12.2. The van der Waals surface area contributed by atoms with E-state index in [0.29, 0.717) is 6.54 Å². The van der Waals surface area contributed by atoms with Gasteiger partial charge < -0.3 is 10.1 Å². The van der Waals surface area contributed by atoms with Gasteiger partial charge in [0.15, 0.2) is 0 Å². The molecule has 4 nitrogen and oxygen atoms in total. The third kappa shape index (κ3) is 5.61. The van der Waals surface area contributed by atoms with Crippen LogP contribution in [0.25, 0.3) is 0 Å². The average Bonchev–Trinajstić information content (AvgIpc) is 2.47. The van der Waals surface area contributed by atoms with E-state index in [0.717, 1.165) is 31.8 Å². The van der Waals surface area contributed by atoms with E-state index in [1.165, 1.54) is 18.4 Å². The number of carbonyl (C=O) groups is 1. The van der Waals surface area contributed by atoms with Gasteiger partial charge in [-0.05, 0) is 59.3 Å². The van der Waals surface area contributed by atoms with Gasteiger partial charge in [0.25, 0.3) is 0 Å². The van der Waals surface area contributed by atoms with Crippen molar-refractivity contribution >= 4 is 5.91 Å². The molecular formula is C19H34N2O2. The monoisotopic (exact) mass is 322 g/mol. The third-order valence-corrected chi connectivity index (χ3v) is 5.22. The summed E-state index contributed by atoms with van der Waals surface area (Å²) in [6, 6.07) is 0. The highest BCUT2D eigenvalue weighted by atomic mass is 16.5. The lowest BCUT2D eigenvalue weighted by atomic mass is 9.87. The number of nitrogens with zero attached hydrogens (tertiary/aromatic N) is 1. The lowest BCUT2D eigenvalue weighted by Crippen LogP contribution is -2.58. The predicted octanol–water partition coefficient (Wildman–Crippen LogP) is 3.13. The van der Waals surface area contributed by atoms with Crippen LogP contribution in [-0.4, -0.2) is 48.2 Å². The summed E-state index contributed by atoms with van der Waals surface area (Å²) in [6.07, 6.45) is 6.93. The van der Waals surface area contributed by atoms with Crippen molar-refractivity contribution in [3.63, 3.8) is 0 Å². The second-order valence-corrected chi connectivity index (χ2v) is 8.18. The van der Waals surface area contributed by atoms with Gasteiger partial charge in [0, 0.05) is 31.2 Å². The fourth-order valence-electron chi connectivity index (χ4n) is 3.60. The minimum atomic E-state index is -0.0540. The molecule has 2 aliphatic rings. The zero-order chi connectivity index (χ0) is 17.0. The van der Waals surface area contributed by atoms with Gasteiger partial charge >= 0.3 is 0 Å². The van der Waals surface area contributed by atoms with Crippen LogP contribution in [0.15, 0.2) is 11.6 Å². The highest BCUT2D eigenvalue weighted by Gasteiger charge is 2.33. The van der Waals surface area contributed by atoms with Crippen LogP contribution >= 0.6 is 0 Å². The first-order valence-electron chi connectivity index (χ1n) is 9.14. The number of nitrogens with one attached hydrogen (secondary N) is 1. The second-order valence-electron chi connectivity index (χ2n) is 8.18. The molecule has 4 heteroatoms. The zero-order valence-corrected chi connectivity index (χ0v) is 15.5. The zero-order valence-electron chi connectivity index (χ0n) is 15.5. The van der Waals surface area contributed by atoms with Crippen LogP contribution < -0.4 is 5.32 Å². The molecule has 1 aliphatic heterocycles. The Hall–Kier alpha value is -0.870. The summed E-state index contributed by atoms with van der Waals surface area (Å²) in [5.41, 5.74) is 1.26. The molecule has 0 spiro atoms. The van der Waals surface area contributed by atoms with E-state index < -0.39 is 0 Å². The van der Waals surface area contributed by atoms with E-state index in [4.69, 9.17) is 4.74 Å². The number of ether oxygens (including phenoxy) is 1. The number of carbonyl (C=O) groups excluding carboxylic acids is 1. The molecule has 0 unspecified atom stereocenters. The van der Waals surface area contributed by atoms with Crippen molar-refractivity contribution < 1.29 is 9.53 Å². The highest BCUT2D eigenvalue weighted by Crippen LogP contribution is 2.27. The van der Waals surface area contributed by atoms with Crippen LogP contribution in [0.4, 0.5) is 0 Å². The lowest BCUT2D eigenvalue weighted by Gasteiger charge is -2.45. The molecule has 2 atom stereocenters. The number of hydrogen-bond donors (Lipinski definition) is 1. The van der Waals surface area contributed by atoms with Crippen LogP contribution in [0.2, 0.25) is 0 Å². The van der Waals surface area contributed by atoms with E-state index in [-0.39, 0.29) is 23.7 Å². The van der Waals surface area contributed by atoms with Crippen LogP contribution in [0.3, 0.4) is 0 Å². The summed E-state index contributed by atoms with van der Waals surface area (Å²) in [6.45, 7) is 13.5. The molecule has 2 fully saturated rings.